The summed E-state index contributed by atoms with van der Waals surface area (Å²) in [6.45, 7) is 11.7. The van der Waals surface area contributed by atoms with Crippen LogP contribution in [0.5, 0.6) is 0 Å². The molecule has 0 fully saturated rings. The number of hydrogen-bond acceptors (Lipinski definition) is 1. The molecule has 0 aliphatic rings. The quantitative estimate of drug-likeness (QED) is 0.573. The molecule has 0 rings (SSSR count). The molecule has 84 valence electrons. The molecule has 0 N–H and O–H groups in total. The van der Waals surface area contributed by atoms with Crippen LogP contribution < -0.4 is 0 Å². The van der Waals surface area contributed by atoms with Crippen LogP contribution in [0.15, 0.2) is 12.2 Å². The van der Waals surface area contributed by atoms with Gasteiger partial charge in [0.25, 0.3) is 0 Å². The molecule has 0 saturated carbocycles. The van der Waals surface area contributed by atoms with Crippen LogP contribution in [-0.4, -0.2) is 5.78 Å². The first-order valence-electron chi connectivity index (χ1n) is 5.68. The third-order valence-corrected chi connectivity index (χ3v) is 1.62. The minimum atomic E-state index is 0.448. The molecule has 0 saturated heterocycles. The fourth-order valence-corrected chi connectivity index (χ4v) is 0.873. The fourth-order valence-electron chi connectivity index (χ4n) is 0.873. The van der Waals surface area contributed by atoms with Crippen LogP contribution in [0.3, 0.4) is 0 Å². The van der Waals surface area contributed by atoms with Gasteiger partial charge < -0.3 is 0 Å². The Morgan fingerprint density at radius 1 is 1.00 bits per heavy atom. The summed E-state index contributed by atoms with van der Waals surface area (Å²) < 4.78 is 0. The Hall–Kier alpha value is -0.590. The number of rotatable bonds is 6. The minimum Gasteiger partial charge on any atom is -0.300 e. The summed E-state index contributed by atoms with van der Waals surface area (Å²) in [6, 6.07) is 0. The summed E-state index contributed by atoms with van der Waals surface area (Å²) in [5.41, 5.74) is 1.17. The van der Waals surface area contributed by atoms with Crippen molar-refractivity contribution in [2.24, 2.45) is 0 Å². The van der Waals surface area contributed by atoms with Gasteiger partial charge in [0.15, 0.2) is 0 Å². The number of allylic oxidation sites excluding steroid dienone is 1. The van der Waals surface area contributed by atoms with Crippen molar-refractivity contribution in [2.45, 2.75) is 66.2 Å². The number of carbonyl (C=O) groups is 1. The number of Topliss-reactive ketones (excluding diaryl/α,β-unsaturated/α-hetero) is 1. The van der Waals surface area contributed by atoms with Crippen molar-refractivity contribution in [1.82, 2.24) is 0 Å². The van der Waals surface area contributed by atoms with Crippen molar-refractivity contribution in [3.63, 3.8) is 0 Å². The highest BCUT2D eigenvalue weighted by Crippen LogP contribution is 2.02. The first-order chi connectivity index (χ1) is 6.54. The zero-order valence-corrected chi connectivity index (χ0v) is 10.4. The van der Waals surface area contributed by atoms with Crippen molar-refractivity contribution in [3.8, 4) is 0 Å². The molecule has 1 nitrogen and oxygen atoms in total. The van der Waals surface area contributed by atoms with E-state index in [1.807, 2.05) is 13.8 Å². The maximum absolute atomic E-state index is 11.0. The second-order valence-corrected chi connectivity index (χ2v) is 3.95. The number of ketones is 1. The summed E-state index contributed by atoms with van der Waals surface area (Å²) in [6.07, 6.45) is 6.02. The van der Waals surface area contributed by atoms with Crippen LogP contribution in [0.2, 0.25) is 0 Å². The number of hydrogen-bond donors (Lipinski definition) is 0. The highest BCUT2D eigenvalue weighted by atomic mass is 16.1. The average Bonchev–Trinajstić information content (AvgIpc) is 2.10. The lowest BCUT2D eigenvalue weighted by atomic mass is 10.1. The summed E-state index contributed by atoms with van der Waals surface area (Å²) in [5, 5.41) is 0. The highest BCUT2D eigenvalue weighted by molar-refractivity contribution is 5.78. The molecule has 0 aromatic rings. The molecule has 0 heterocycles. The lowest BCUT2D eigenvalue weighted by Gasteiger charge is -1.96. The van der Waals surface area contributed by atoms with Gasteiger partial charge in [-0.05, 0) is 26.7 Å². The summed E-state index contributed by atoms with van der Waals surface area (Å²) in [4.78, 5) is 11.0. The van der Waals surface area contributed by atoms with Crippen LogP contribution in [0.25, 0.3) is 0 Å². The molecule has 0 aliphatic carbocycles. The Bertz CT molecular complexity index is 133. The van der Waals surface area contributed by atoms with E-state index < -0.39 is 0 Å². The van der Waals surface area contributed by atoms with Crippen LogP contribution in [0, 0.1) is 0 Å². The van der Waals surface area contributed by atoms with Gasteiger partial charge >= 0.3 is 0 Å². The van der Waals surface area contributed by atoms with E-state index in [2.05, 4.69) is 20.4 Å². The Balaban J connectivity index is 0. The molecule has 0 aliphatic heterocycles. The van der Waals surface area contributed by atoms with Crippen LogP contribution in [0.1, 0.15) is 66.2 Å². The molecule has 0 aromatic carbocycles. The van der Waals surface area contributed by atoms with Crippen LogP contribution >= 0.6 is 0 Å². The predicted molar refractivity (Wildman–Crippen MR) is 64.5 cm³/mol. The lowest BCUT2D eigenvalue weighted by Crippen LogP contribution is -1.96. The molecule has 1 heteroatoms. The van der Waals surface area contributed by atoms with E-state index >= 15 is 0 Å². The molecule has 0 atom stereocenters. The van der Waals surface area contributed by atoms with Crippen molar-refractivity contribution in [3.05, 3.63) is 12.2 Å². The topological polar surface area (TPSA) is 17.1 Å². The maximum Gasteiger partial charge on any atom is 0.132 e. The standard InChI is InChI=1S/C9H18O.C4H8/c1-3-5-7-9(10)8-6-4-2;1-4(2)3/h3-8H2,1-2H3;1H2,2-3H3. The molecule has 0 spiro atoms. The van der Waals surface area contributed by atoms with Gasteiger partial charge in [-0.25, -0.2) is 0 Å². The van der Waals surface area contributed by atoms with Crippen LogP contribution in [0.4, 0.5) is 0 Å². The summed E-state index contributed by atoms with van der Waals surface area (Å²) >= 11 is 0. The smallest absolute Gasteiger partial charge is 0.132 e. The molecular weight excluding hydrogens is 172 g/mol. The molecule has 14 heavy (non-hydrogen) atoms. The Kier molecular flexibility index (Phi) is 14.1. The third kappa shape index (κ3) is 22.5. The van der Waals surface area contributed by atoms with Gasteiger partial charge in [0.05, 0.1) is 0 Å². The predicted octanol–water partition coefficient (Wildman–Crippen LogP) is 4.52. The first kappa shape index (κ1) is 15.9. The SMILES string of the molecule is C=C(C)C.CCCCC(=O)CCCC. The van der Waals surface area contributed by atoms with Crippen molar-refractivity contribution in [2.75, 3.05) is 0 Å². The second kappa shape index (κ2) is 12.4. The highest BCUT2D eigenvalue weighted by Gasteiger charge is 1.98. The van der Waals surface area contributed by atoms with E-state index in [-0.39, 0.29) is 0 Å². The first-order valence-corrected chi connectivity index (χ1v) is 5.68. The van der Waals surface area contributed by atoms with E-state index in [0.717, 1.165) is 38.5 Å². The van der Waals surface area contributed by atoms with Crippen molar-refractivity contribution < 1.29 is 4.79 Å². The van der Waals surface area contributed by atoms with Crippen molar-refractivity contribution >= 4 is 5.78 Å². The molecule has 0 unspecified atom stereocenters. The minimum absolute atomic E-state index is 0.448. The fraction of sp³-hybridized carbons (Fsp3) is 0.769. The average molecular weight is 198 g/mol. The zero-order chi connectivity index (χ0) is 11.4. The van der Waals surface area contributed by atoms with E-state index in [9.17, 15) is 4.79 Å². The Morgan fingerprint density at radius 3 is 1.50 bits per heavy atom. The Morgan fingerprint density at radius 2 is 1.29 bits per heavy atom. The number of carbonyl (C=O) groups excluding carboxylic acids is 1. The molecule has 0 amide bonds. The monoisotopic (exact) mass is 198 g/mol. The van der Waals surface area contributed by atoms with E-state index in [1.54, 1.807) is 0 Å². The van der Waals surface area contributed by atoms with Gasteiger partial charge in [-0.3, -0.25) is 4.79 Å². The molecular formula is C13H26O. The van der Waals surface area contributed by atoms with E-state index in [4.69, 9.17) is 0 Å². The normalized spacial score (nSPS) is 8.86. The van der Waals surface area contributed by atoms with Gasteiger partial charge in [-0.15, -0.1) is 6.58 Å². The molecule has 0 aromatic heterocycles. The van der Waals surface area contributed by atoms with Gasteiger partial charge in [-0.1, -0.05) is 32.3 Å². The van der Waals surface area contributed by atoms with Gasteiger partial charge in [0.2, 0.25) is 0 Å². The van der Waals surface area contributed by atoms with Gasteiger partial charge in [0.1, 0.15) is 5.78 Å². The Labute approximate surface area is 89.6 Å². The largest absolute Gasteiger partial charge is 0.300 e. The van der Waals surface area contributed by atoms with Crippen molar-refractivity contribution in [1.29, 1.82) is 0 Å². The third-order valence-electron chi connectivity index (χ3n) is 1.62. The second-order valence-electron chi connectivity index (χ2n) is 3.95. The zero-order valence-electron chi connectivity index (χ0n) is 10.4. The lowest BCUT2D eigenvalue weighted by molar-refractivity contribution is -0.119. The molecule has 0 bridgehead atoms. The van der Waals surface area contributed by atoms with Gasteiger partial charge in [-0.2, -0.15) is 0 Å². The van der Waals surface area contributed by atoms with Gasteiger partial charge in [0, 0.05) is 12.8 Å². The molecule has 0 radical (unpaired) electrons. The maximum atomic E-state index is 11.0. The number of unbranched alkanes of at least 4 members (excludes halogenated alkanes) is 2. The van der Waals surface area contributed by atoms with E-state index in [0.29, 0.717) is 5.78 Å². The summed E-state index contributed by atoms with van der Waals surface area (Å²) in [7, 11) is 0. The van der Waals surface area contributed by atoms with Crippen LogP contribution in [-0.2, 0) is 4.79 Å². The summed E-state index contributed by atoms with van der Waals surface area (Å²) in [5.74, 6) is 0.448. The van der Waals surface area contributed by atoms with E-state index in [1.165, 1.54) is 5.57 Å².